The number of hydrogen-bond donors (Lipinski definition) is 2. The molecule has 8 heteroatoms. The predicted octanol–water partition coefficient (Wildman–Crippen LogP) is 5.18. The third kappa shape index (κ3) is 6.59. The lowest BCUT2D eigenvalue weighted by atomic mass is 10.2. The number of nitrogens with two attached hydrogens (primary N) is 1. The third-order valence-electron chi connectivity index (χ3n) is 4.04. The van der Waals surface area contributed by atoms with Gasteiger partial charge >= 0.3 is 0 Å². The molecule has 2 aromatic heterocycles. The molecule has 0 bridgehead atoms. The number of nitrogens with one attached hydrogen (secondary N) is 1. The van der Waals surface area contributed by atoms with Crippen molar-refractivity contribution < 1.29 is 0 Å². The molecule has 0 aliphatic rings. The number of benzene rings is 1. The molecule has 0 radical (unpaired) electrons. The van der Waals surface area contributed by atoms with E-state index in [1.165, 1.54) is 6.33 Å². The summed E-state index contributed by atoms with van der Waals surface area (Å²) in [6.45, 7) is 13.2. The van der Waals surface area contributed by atoms with Crippen molar-refractivity contribution in [2.45, 2.75) is 57.6 Å². The summed E-state index contributed by atoms with van der Waals surface area (Å²) in [6.07, 6.45) is 2.47. The minimum Gasteiger partial charge on any atom is -0.382 e. The van der Waals surface area contributed by atoms with E-state index in [2.05, 4.69) is 39.8 Å². The van der Waals surface area contributed by atoms with E-state index in [-0.39, 0.29) is 0 Å². The molecule has 2 heterocycles. The van der Waals surface area contributed by atoms with Crippen LogP contribution in [0.3, 0.4) is 0 Å². The third-order valence-corrected chi connectivity index (χ3v) is 5.22. The fourth-order valence-corrected chi connectivity index (χ4v) is 4.25. The molecular weight excluding hydrogens is 404 g/mol. The van der Waals surface area contributed by atoms with Crippen molar-refractivity contribution in [1.29, 1.82) is 0 Å². The Kier molecular flexibility index (Phi) is 9.20. The highest BCUT2D eigenvalue weighted by Crippen LogP contribution is 2.32. The van der Waals surface area contributed by atoms with Gasteiger partial charge in [-0.05, 0) is 56.1 Å². The SMILES string of the molecule is CC.Cc1cc(Cl)cc(Sc2nc3c(N)ncnc3n2CCCNCC(C)C)c1. The first-order valence-corrected chi connectivity index (χ1v) is 11.3. The Bertz CT molecular complexity index is 905. The average molecular weight is 435 g/mol. The zero-order valence-corrected chi connectivity index (χ0v) is 19.4. The van der Waals surface area contributed by atoms with E-state index >= 15 is 0 Å². The second kappa shape index (κ2) is 11.4. The topological polar surface area (TPSA) is 81.7 Å². The number of hydrogen-bond acceptors (Lipinski definition) is 6. The van der Waals surface area contributed by atoms with Gasteiger partial charge in [0.1, 0.15) is 6.33 Å². The summed E-state index contributed by atoms with van der Waals surface area (Å²) in [4.78, 5) is 14.2. The van der Waals surface area contributed by atoms with Crippen LogP contribution in [0.4, 0.5) is 5.82 Å². The quantitative estimate of drug-likeness (QED) is 0.475. The fourth-order valence-electron chi connectivity index (χ4n) is 2.83. The van der Waals surface area contributed by atoms with Crippen LogP contribution < -0.4 is 11.1 Å². The standard InChI is InChI=1S/C19H25ClN6S.C2H6/c1-12(2)10-22-5-4-6-26-18-16(17(21)23-11-24-18)25-19(26)27-15-8-13(3)7-14(20)9-15;1-2/h7-9,11-12,22H,4-6,10H2,1-3H3,(H2,21,23,24);1-2H3. The highest BCUT2D eigenvalue weighted by molar-refractivity contribution is 7.99. The Labute approximate surface area is 182 Å². The summed E-state index contributed by atoms with van der Waals surface area (Å²) in [5, 5.41) is 5.04. The van der Waals surface area contributed by atoms with Crippen LogP contribution in [0, 0.1) is 12.8 Å². The zero-order chi connectivity index (χ0) is 21.4. The van der Waals surface area contributed by atoms with Gasteiger partial charge in [0, 0.05) is 16.5 Å². The molecule has 0 saturated heterocycles. The molecule has 3 aromatic rings. The minimum absolute atomic E-state index is 0.404. The average Bonchev–Trinajstić information content (AvgIpc) is 3.01. The molecule has 0 spiro atoms. The largest absolute Gasteiger partial charge is 0.382 e. The smallest absolute Gasteiger partial charge is 0.175 e. The second-order valence-corrected chi connectivity index (χ2v) is 8.47. The summed E-state index contributed by atoms with van der Waals surface area (Å²) in [6, 6.07) is 5.99. The van der Waals surface area contributed by atoms with E-state index in [1.54, 1.807) is 11.8 Å². The molecule has 3 N–H and O–H groups in total. The first kappa shape index (κ1) is 23.4. The Hall–Kier alpha value is -1.83. The second-order valence-electron chi connectivity index (χ2n) is 7.00. The van der Waals surface area contributed by atoms with Gasteiger partial charge in [0.25, 0.3) is 0 Å². The van der Waals surface area contributed by atoms with Gasteiger partial charge in [0.05, 0.1) is 0 Å². The van der Waals surface area contributed by atoms with Crippen LogP contribution in [0.1, 0.15) is 39.7 Å². The van der Waals surface area contributed by atoms with Crippen LogP contribution in [0.5, 0.6) is 0 Å². The molecule has 0 amide bonds. The maximum Gasteiger partial charge on any atom is 0.175 e. The Balaban J connectivity index is 0.00000145. The van der Waals surface area contributed by atoms with Gasteiger partial charge in [-0.2, -0.15) is 0 Å². The van der Waals surface area contributed by atoms with Crippen molar-refractivity contribution in [3.63, 3.8) is 0 Å². The van der Waals surface area contributed by atoms with E-state index in [0.29, 0.717) is 17.3 Å². The number of anilines is 1. The molecule has 3 rings (SSSR count). The van der Waals surface area contributed by atoms with Crippen LogP contribution in [0.2, 0.25) is 5.02 Å². The first-order valence-electron chi connectivity index (χ1n) is 10.1. The number of aryl methyl sites for hydroxylation is 2. The van der Waals surface area contributed by atoms with Crippen LogP contribution in [-0.4, -0.2) is 32.6 Å². The molecule has 0 unspecified atom stereocenters. The van der Waals surface area contributed by atoms with E-state index in [9.17, 15) is 0 Å². The summed E-state index contributed by atoms with van der Waals surface area (Å²) < 4.78 is 2.12. The summed E-state index contributed by atoms with van der Waals surface area (Å²) in [5.41, 5.74) is 8.55. The molecule has 0 atom stereocenters. The number of imidazole rings is 1. The summed E-state index contributed by atoms with van der Waals surface area (Å²) in [7, 11) is 0. The predicted molar refractivity (Wildman–Crippen MR) is 124 cm³/mol. The van der Waals surface area contributed by atoms with E-state index in [1.807, 2.05) is 32.9 Å². The highest BCUT2D eigenvalue weighted by atomic mass is 35.5. The molecule has 0 aliphatic heterocycles. The Morgan fingerprint density at radius 2 is 1.97 bits per heavy atom. The summed E-state index contributed by atoms with van der Waals surface area (Å²) >= 11 is 7.78. The molecule has 0 saturated carbocycles. The maximum atomic E-state index is 6.21. The highest BCUT2D eigenvalue weighted by Gasteiger charge is 2.16. The van der Waals surface area contributed by atoms with Gasteiger partial charge in [0.15, 0.2) is 22.1 Å². The van der Waals surface area contributed by atoms with Gasteiger partial charge < -0.3 is 15.6 Å². The molecule has 29 heavy (non-hydrogen) atoms. The molecular formula is C21H31ClN6S. The van der Waals surface area contributed by atoms with E-state index in [4.69, 9.17) is 22.3 Å². The zero-order valence-electron chi connectivity index (χ0n) is 17.9. The van der Waals surface area contributed by atoms with Crippen molar-refractivity contribution in [3.05, 3.63) is 35.1 Å². The lowest BCUT2D eigenvalue weighted by Gasteiger charge is -2.10. The molecule has 1 aromatic carbocycles. The molecule has 0 fully saturated rings. The Morgan fingerprint density at radius 3 is 2.66 bits per heavy atom. The van der Waals surface area contributed by atoms with Gasteiger partial charge in [0.2, 0.25) is 0 Å². The van der Waals surface area contributed by atoms with Crippen molar-refractivity contribution >= 4 is 40.3 Å². The van der Waals surface area contributed by atoms with Crippen LogP contribution in [-0.2, 0) is 6.54 Å². The molecule has 6 nitrogen and oxygen atoms in total. The van der Waals surface area contributed by atoms with Crippen molar-refractivity contribution in [2.24, 2.45) is 5.92 Å². The molecule has 158 valence electrons. The van der Waals surface area contributed by atoms with Gasteiger partial charge in [-0.15, -0.1) is 0 Å². The fraction of sp³-hybridized carbons (Fsp3) is 0.476. The van der Waals surface area contributed by atoms with Crippen molar-refractivity contribution in [3.8, 4) is 0 Å². The van der Waals surface area contributed by atoms with Crippen molar-refractivity contribution in [2.75, 3.05) is 18.8 Å². The van der Waals surface area contributed by atoms with Gasteiger partial charge in [-0.25, -0.2) is 15.0 Å². The Morgan fingerprint density at radius 1 is 1.21 bits per heavy atom. The number of nitrogen functional groups attached to an aromatic ring is 1. The van der Waals surface area contributed by atoms with Crippen LogP contribution in [0.25, 0.3) is 11.2 Å². The van der Waals surface area contributed by atoms with Crippen molar-refractivity contribution in [1.82, 2.24) is 24.8 Å². The maximum absolute atomic E-state index is 6.21. The van der Waals surface area contributed by atoms with Crippen LogP contribution >= 0.6 is 23.4 Å². The van der Waals surface area contributed by atoms with Gasteiger partial charge in [-0.3, -0.25) is 0 Å². The number of aromatic nitrogens is 4. The minimum atomic E-state index is 0.404. The van der Waals surface area contributed by atoms with Crippen LogP contribution in [0.15, 0.2) is 34.6 Å². The monoisotopic (exact) mass is 434 g/mol. The number of nitrogens with zero attached hydrogens (tertiary/aromatic N) is 4. The normalized spacial score (nSPS) is 11.0. The number of halogens is 1. The van der Waals surface area contributed by atoms with E-state index in [0.717, 1.165) is 52.3 Å². The first-order chi connectivity index (χ1) is 13.9. The van der Waals surface area contributed by atoms with Gasteiger partial charge in [-0.1, -0.05) is 51.1 Å². The number of rotatable bonds is 8. The number of fused-ring (bicyclic) bond motifs is 1. The lowest BCUT2D eigenvalue weighted by Crippen LogP contribution is -2.21. The lowest BCUT2D eigenvalue weighted by molar-refractivity contribution is 0.514. The molecule has 0 aliphatic carbocycles. The van der Waals surface area contributed by atoms with E-state index < -0.39 is 0 Å². The summed E-state index contributed by atoms with van der Waals surface area (Å²) in [5.74, 6) is 1.05.